The molecule has 0 fully saturated rings. The van der Waals surface area contributed by atoms with Gasteiger partial charge in [0.25, 0.3) is 5.91 Å². The van der Waals surface area contributed by atoms with Gasteiger partial charge < -0.3 is 19.7 Å². The van der Waals surface area contributed by atoms with Crippen LogP contribution in [0.5, 0.6) is 11.5 Å². The molecule has 2 atom stereocenters. The van der Waals surface area contributed by atoms with Crippen molar-refractivity contribution in [2.75, 3.05) is 19.8 Å². The molecule has 0 spiro atoms. The SMILES string of the molecule is CCOc1cc2c(cc1OCC)[C@@H]1[C@H](C(=O)NCc3ccc(C)cc3)c3ccccc3C(=O)N1CC2. The van der Waals surface area contributed by atoms with Crippen LogP contribution in [0.2, 0.25) is 0 Å². The predicted octanol–water partition coefficient (Wildman–Crippen LogP) is 4.95. The van der Waals surface area contributed by atoms with Gasteiger partial charge in [-0.1, -0.05) is 48.0 Å². The van der Waals surface area contributed by atoms with E-state index >= 15 is 0 Å². The number of fused-ring (bicyclic) bond motifs is 4. The number of amides is 2. The number of benzene rings is 3. The molecule has 0 aromatic heterocycles. The molecule has 36 heavy (non-hydrogen) atoms. The number of carbonyl (C=O) groups is 2. The topological polar surface area (TPSA) is 67.9 Å². The Morgan fingerprint density at radius 3 is 2.39 bits per heavy atom. The summed E-state index contributed by atoms with van der Waals surface area (Å²) in [7, 11) is 0. The lowest BCUT2D eigenvalue weighted by molar-refractivity contribution is -0.124. The molecule has 0 saturated carbocycles. The van der Waals surface area contributed by atoms with Crippen LogP contribution in [-0.2, 0) is 17.8 Å². The third kappa shape index (κ3) is 4.32. The molecule has 6 heteroatoms. The van der Waals surface area contributed by atoms with Crippen molar-refractivity contribution >= 4 is 11.8 Å². The van der Waals surface area contributed by atoms with Crippen LogP contribution in [-0.4, -0.2) is 36.5 Å². The second-order valence-electron chi connectivity index (χ2n) is 9.33. The van der Waals surface area contributed by atoms with Crippen LogP contribution in [0.15, 0.2) is 60.7 Å². The van der Waals surface area contributed by atoms with Crippen molar-refractivity contribution in [2.45, 2.75) is 45.7 Å². The summed E-state index contributed by atoms with van der Waals surface area (Å²) in [5, 5.41) is 3.15. The van der Waals surface area contributed by atoms with Crippen LogP contribution >= 0.6 is 0 Å². The lowest BCUT2D eigenvalue weighted by atomic mass is 9.75. The van der Waals surface area contributed by atoms with Crippen LogP contribution in [0.3, 0.4) is 0 Å². The number of carbonyl (C=O) groups excluding carboxylic acids is 2. The Balaban J connectivity index is 1.57. The van der Waals surface area contributed by atoms with Crippen molar-refractivity contribution in [3.8, 4) is 11.5 Å². The van der Waals surface area contributed by atoms with E-state index in [9.17, 15) is 9.59 Å². The van der Waals surface area contributed by atoms with Gasteiger partial charge in [0.1, 0.15) is 0 Å². The van der Waals surface area contributed by atoms with Crippen molar-refractivity contribution in [1.29, 1.82) is 0 Å². The molecule has 1 N–H and O–H groups in total. The average Bonchev–Trinajstić information content (AvgIpc) is 2.89. The second kappa shape index (κ2) is 10.1. The fraction of sp³-hybridized carbons (Fsp3) is 0.333. The highest BCUT2D eigenvalue weighted by atomic mass is 16.5. The fourth-order valence-corrected chi connectivity index (χ4v) is 5.36. The first-order valence-corrected chi connectivity index (χ1v) is 12.7. The minimum Gasteiger partial charge on any atom is -0.490 e. The second-order valence-corrected chi connectivity index (χ2v) is 9.33. The molecule has 0 radical (unpaired) electrons. The minimum absolute atomic E-state index is 0.0318. The Bertz CT molecular complexity index is 1280. The Labute approximate surface area is 212 Å². The van der Waals surface area contributed by atoms with E-state index in [1.54, 1.807) is 0 Å². The third-order valence-electron chi connectivity index (χ3n) is 7.05. The summed E-state index contributed by atoms with van der Waals surface area (Å²) in [5.74, 6) is 0.691. The standard InChI is InChI=1S/C30H32N2O4/c1-4-35-25-16-21-14-15-32-28(24(21)17-26(25)36-5-2)27(22-8-6-7-9-23(22)30(32)34)29(33)31-18-20-12-10-19(3)11-13-20/h6-13,16-17,27-28H,4-5,14-15,18H2,1-3H3,(H,31,33)/t27-,28-/m1/s1. The Morgan fingerprint density at radius 1 is 0.972 bits per heavy atom. The van der Waals surface area contributed by atoms with E-state index in [1.165, 1.54) is 5.56 Å². The van der Waals surface area contributed by atoms with Gasteiger partial charge in [0.05, 0.1) is 25.2 Å². The summed E-state index contributed by atoms with van der Waals surface area (Å²) in [6, 6.07) is 19.2. The molecule has 0 unspecified atom stereocenters. The van der Waals surface area contributed by atoms with Crippen molar-refractivity contribution < 1.29 is 19.1 Å². The number of rotatable bonds is 7. The number of hydrogen-bond acceptors (Lipinski definition) is 4. The van der Waals surface area contributed by atoms with Crippen LogP contribution in [0.1, 0.15) is 64.0 Å². The van der Waals surface area contributed by atoms with Gasteiger partial charge in [-0.2, -0.15) is 0 Å². The Hall–Kier alpha value is -3.80. The molecule has 2 aliphatic heterocycles. The molecule has 6 nitrogen and oxygen atoms in total. The lowest BCUT2D eigenvalue weighted by Gasteiger charge is -2.45. The lowest BCUT2D eigenvalue weighted by Crippen LogP contribution is -2.50. The molecular formula is C30H32N2O4. The van der Waals surface area contributed by atoms with Crippen molar-refractivity contribution in [3.05, 3.63) is 94.0 Å². The monoisotopic (exact) mass is 484 g/mol. The largest absolute Gasteiger partial charge is 0.490 e. The number of aryl methyl sites for hydroxylation is 1. The highest BCUT2D eigenvalue weighted by Gasteiger charge is 2.46. The highest BCUT2D eigenvalue weighted by molar-refractivity contribution is 6.01. The Kier molecular flexibility index (Phi) is 6.68. The molecule has 2 heterocycles. The summed E-state index contributed by atoms with van der Waals surface area (Å²) in [5.41, 5.74) is 5.62. The first-order valence-electron chi connectivity index (χ1n) is 12.7. The van der Waals surface area contributed by atoms with Crippen molar-refractivity contribution in [2.24, 2.45) is 0 Å². The quantitative estimate of drug-likeness (QED) is 0.516. The van der Waals surface area contributed by atoms with Crippen molar-refractivity contribution in [1.82, 2.24) is 10.2 Å². The molecule has 2 amide bonds. The first-order chi connectivity index (χ1) is 17.5. The Morgan fingerprint density at radius 2 is 1.67 bits per heavy atom. The molecule has 2 aliphatic rings. The van der Waals surface area contributed by atoms with Gasteiger partial charge in [0.15, 0.2) is 11.5 Å². The molecule has 186 valence electrons. The van der Waals surface area contributed by atoms with E-state index < -0.39 is 12.0 Å². The first kappa shape index (κ1) is 23.9. The molecule has 0 saturated heterocycles. The zero-order valence-corrected chi connectivity index (χ0v) is 21.0. The zero-order valence-electron chi connectivity index (χ0n) is 21.0. The van der Waals surface area contributed by atoms with E-state index in [0.29, 0.717) is 49.8 Å². The maximum absolute atomic E-state index is 13.8. The van der Waals surface area contributed by atoms with Gasteiger partial charge >= 0.3 is 0 Å². The van der Waals surface area contributed by atoms with Crippen LogP contribution < -0.4 is 14.8 Å². The van der Waals surface area contributed by atoms with Crippen molar-refractivity contribution in [3.63, 3.8) is 0 Å². The summed E-state index contributed by atoms with van der Waals surface area (Å²) >= 11 is 0. The summed E-state index contributed by atoms with van der Waals surface area (Å²) < 4.78 is 11.8. The minimum atomic E-state index is -0.532. The number of nitrogens with one attached hydrogen (secondary N) is 1. The maximum Gasteiger partial charge on any atom is 0.254 e. The van der Waals surface area contributed by atoms with Gasteiger partial charge in [-0.25, -0.2) is 0 Å². The van der Waals surface area contributed by atoms with Gasteiger partial charge in [-0.15, -0.1) is 0 Å². The summed E-state index contributed by atoms with van der Waals surface area (Å²) in [6.45, 7) is 7.93. The smallest absolute Gasteiger partial charge is 0.254 e. The molecule has 3 aromatic rings. The maximum atomic E-state index is 13.8. The molecule has 0 aliphatic carbocycles. The molecule has 5 rings (SSSR count). The van der Waals surface area contributed by atoms with Crippen LogP contribution in [0.25, 0.3) is 0 Å². The van der Waals surface area contributed by atoms with Gasteiger partial charge in [-0.3, -0.25) is 9.59 Å². The van der Waals surface area contributed by atoms with Crippen LogP contribution in [0, 0.1) is 6.92 Å². The molecule has 0 bridgehead atoms. The van der Waals surface area contributed by atoms with E-state index in [2.05, 4.69) is 5.32 Å². The summed E-state index contributed by atoms with van der Waals surface area (Å²) in [6.07, 6.45) is 0.698. The van der Waals surface area contributed by atoms with Gasteiger partial charge in [-0.05, 0) is 67.6 Å². The normalized spacial score (nSPS) is 18.1. The number of ether oxygens (including phenoxy) is 2. The van der Waals surface area contributed by atoms with E-state index in [-0.39, 0.29) is 11.8 Å². The zero-order chi connectivity index (χ0) is 25.2. The molecular weight excluding hydrogens is 452 g/mol. The van der Waals surface area contributed by atoms with Gasteiger partial charge in [0.2, 0.25) is 5.91 Å². The van der Waals surface area contributed by atoms with E-state index in [4.69, 9.17) is 9.47 Å². The summed E-state index contributed by atoms with van der Waals surface area (Å²) in [4.78, 5) is 29.3. The predicted molar refractivity (Wildman–Crippen MR) is 138 cm³/mol. The van der Waals surface area contributed by atoms with E-state index in [0.717, 1.165) is 22.3 Å². The molecule has 3 aromatic carbocycles. The van der Waals surface area contributed by atoms with Gasteiger partial charge in [0, 0.05) is 18.7 Å². The van der Waals surface area contributed by atoms with Crippen LogP contribution in [0.4, 0.5) is 0 Å². The number of nitrogens with zero attached hydrogens (tertiary/aromatic N) is 1. The number of hydrogen-bond donors (Lipinski definition) is 1. The average molecular weight is 485 g/mol. The third-order valence-corrected chi connectivity index (χ3v) is 7.05. The fourth-order valence-electron chi connectivity index (χ4n) is 5.36. The van der Waals surface area contributed by atoms with E-state index in [1.807, 2.05) is 86.3 Å². The highest BCUT2D eigenvalue weighted by Crippen LogP contribution is 2.48.